The van der Waals surface area contributed by atoms with Crippen LogP contribution in [0.15, 0.2) is 0 Å². The third kappa shape index (κ3) is 3.02. The van der Waals surface area contributed by atoms with E-state index in [0.717, 1.165) is 45.7 Å². The van der Waals surface area contributed by atoms with Crippen LogP contribution < -0.4 is 5.32 Å². The number of rotatable bonds is 5. The summed E-state index contributed by atoms with van der Waals surface area (Å²) in [4.78, 5) is 14.1. The average molecular weight is 256 g/mol. The van der Waals surface area contributed by atoms with Gasteiger partial charge in [0.1, 0.15) is 0 Å². The topological polar surface area (TPSA) is 50.8 Å². The van der Waals surface area contributed by atoms with Crippen LogP contribution in [-0.4, -0.2) is 62.9 Å². The number of carbonyl (C=O) groups excluding carboxylic acids is 1. The van der Waals surface area contributed by atoms with Crippen LogP contribution in [0.2, 0.25) is 0 Å². The van der Waals surface area contributed by atoms with E-state index in [4.69, 9.17) is 9.47 Å². The van der Waals surface area contributed by atoms with E-state index in [9.17, 15) is 4.79 Å². The van der Waals surface area contributed by atoms with Crippen LogP contribution in [0.1, 0.15) is 19.8 Å². The Labute approximate surface area is 109 Å². The van der Waals surface area contributed by atoms with Gasteiger partial charge >= 0.3 is 0 Å². The molecular formula is C13H24N2O3. The molecule has 5 heteroatoms. The van der Waals surface area contributed by atoms with Gasteiger partial charge in [-0.05, 0) is 12.8 Å². The lowest BCUT2D eigenvalue weighted by Crippen LogP contribution is -2.57. The van der Waals surface area contributed by atoms with Crippen molar-refractivity contribution in [2.24, 2.45) is 5.92 Å². The number of nitrogens with one attached hydrogen (secondary N) is 1. The molecule has 0 spiro atoms. The molecule has 0 aliphatic carbocycles. The summed E-state index contributed by atoms with van der Waals surface area (Å²) in [6.07, 6.45) is 2.09. The molecular weight excluding hydrogens is 232 g/mol. The van der Waals surface area contributed by atoms with E-state index in [1.807, 2.05) is 0 Å². The Morgan fingerprint density at radius 3 is 3.06 bits per heavy atom. The standard InChI is InChI=1S/C13H24N2O3/c1-3-11-13(16)14-5-6-15(11)8-12(17-2)10-4-7-18-9-10/h10-12H,3-9H2,1-2H3,(H,14,16). The zero-order valence-corrected chi connectivity index (χ0v) is 11.4. The molecule has 2 aliphatic rings. The second kappa shape index (κ2) is 6.50. The molecule has 0 aromatic heterocycles. The first-order valence-corrected chi connectivity index (χ1v) is 6.88. The summed E-state index contributed by atoms with van der Waals surface area (Å²) in [6, 6.07) is -0.00118. The summed E-state index contributed by atoms with van der Waals surface area (Å²) < 4.78 is 11.0. The SMILES string of the molecule is CCC1C(=O)NCCN1CC(OC)C1CCOC1. The van der Waals surface area contributed by atoms with Gasteiger partial charge in [-0.2, -0.15) is 0 Å². The minimum absolute atomic E-state index is 0.00118. The molecule has 2 fully saturated rings. The van der Waals surface area contributed by atoms with Crippen molar-refractivity contribution in [2.75, 3.05) is 40.0 Å². The molecule has 3 unspecified atom stereocenters. The number of amides is 1. The molecule has 2 saturated heterocycles. The van der Waals surface area contributed by atoms with Crippen LogP contribution in [0.4, 0.5) is 0 Å². The van der Waals surface area contributed by atoms with Gasteiger partial charge < -0.3 is 14.8 Å². The van der Waals surface area contributed by atoms with E-state index in [1.165, 1.54) is 0 Å². The number of methoxy groups -OCH3 is 1. The zero-order valence-electron chi connectivity index (χ0n) is 11.4. The summed E-state index contributed by atoms with van der Waals surface area (Å²) in [6.45, 7) is 6.17. The highest BCUT2D eigenvalue weighted by atomic mass is 16.5. The predicted octanol–water partition coefficient (Wildman–Crippen LogP) is 0.248. The number of nitrogens with zero attached hydrogens (tertiary/aromatic N) is 1. The van der Waals surface area contributed by atoms with Gasteiger partial charge in [0, 0.05) is 39.3 Å². The summed E-state index contributed by atoms with van der Waals surface area (Å²) >= 11 is 0. The number of hydrogen-bond acceptors (Lipinski definition) is 4. The fourth-order valence-corrected chi connectivity index (χ4v) is 2.92. The van der Waals surface area contributed by atoms with Gasteiger partial charge in [0.15, 0.2) is 0 Å². The van der Waals surface area contributed by atoms with Gasteiger partial charge in [0.2, 0.25) is 5.91 Å². The molecule has 104 valence electrons. The Balaban J connectivity index is 1.94. The largest absolute Gasteiger partial charge is 0.381 e. The summed E-state index contributed by atoms with van der Waals surface area (Å²) in [7, 11) is 1.76. The van der Waals surface area contributed by atoms with Crippen LogP contribution in [0.3, 0.4) is 0 Å². The molecule has 0 aromatic rings. The van der Waals surface area contributed by atoms with Crippen molar-refractivity contribution in [1.82, 2.24) is 10.2 Å². The van der Waals surface area contributed by atoms with E-state index in [2.05, 4.69) is 17.1 Å². The fraction of sp³-hybridized carbons (Fsp3) is 0.923. The molecule has 2 heterocycles. The van der Waals surface area contributed by atoms with Crippen LogP contribution >= 0.6 is 0 Å². The predicted molar refractivity (Wildman–Crippen MR) is 68.4 cm³/mol. The molecule has 0 bridgehead atoms. The van der Waals surface area contributed by atoms with Gasteiger partial charge in [0.25, 0.3) is 0 Å². The van der Waals surface area contributed by atoms with Crippen LogP contribution in [0.5, 0.6) is 0 Å². The third-order valence-corrected chi connectivity index (χ3v) is 4.04. The monoisotopic (exact) mass is 256 g/mol. The average Bonchev–Trinajstić information content (AvgIpc) is 2.89. The second-order valence-electron chi connectivity index (χ2n) is 5.11. The smallest absolute Gasteiger partial charge is 0.237 e. The van der Waals surface area contributed by atoms with Crippen LogP contribution in [0.25, 0.3) is 0 Å². The van der Waals surface area contributed by atoms with Gasteiger partial charge in [-0.3, -0.25) is 9.69 Å². The van der Waals surface area contributed by atoms with Crippen molar-refractivity contribution < 1.29 is 14.3 Å². The molecule has 1 N–H and O–H groups in total. The highest BCUT2D eigenvalue weighted by Gasteiger charge is 2.33. The van der Waals surface area contributed by atoms with Gasteiger partial charge in [-0.1, -0.05) is 6.92 Å². The Morgan fingerprint density at radius 2 is 2.44 bits per heavy atom. The van der Waals surface area contributed by atoms with Crippen molar-refractivity contribution in [3.8, 4) is 0 Å². The molecule has 18 heavy (non-hydrogen) atoms. The van der Waals surface area contributed by atoms with Crippen molar-refractivity contribution in [3.05, 3.63) is 0 Å². The Hall–Kier alpha value is -0.650. The van der Waals surface area contributed by atoms with Gasteiger partial charge in [0.05, 0.1) is 18.8 Å². The molecule has 0 saturated carbocycles. The number of ether oxygens (including phenoxy) is 2. The molecule has 0 radical (unpaired) electrons. The first kappa shape index (κ1) is 13.8. The molecule has 2 rings (SSSR count). The maximum Gasteiger partial charge on any atom is 0.237 e. The van der Waals surface area contributed by atoms with E-state index < -0.39 is 0 Å². The van der Waals surface area contributed by atoms with E-state index >= 15 is 0 Å². The van der Waals surface area contributed by atoms with Crippen LogP contribution in [-0.2, 0) is 14.3 Å². The van der Waals surface area contributed by atoms with Crippen molar-refractivity contribution in [1.29, 1.82) is 0 Å². The van der Waals surface area contributed by atoms with Crippen molar-refractivity contribution in [3.63, 3.8) is 0 Å². The van der Waals surface area contributed by atoms with Crippen LogP contribution in [0, 0.1) is 5.92 Å². The second-order valence-corrected chi connectivity index (χ2v) is 5.11. The molecule has 1 amide bonds. The maximum absolute atomic E-state index is 11.8. The summed E-state index contributed by atoms with van der Waals surface area (Å²) in [5.41, 5.74) is 0. The lowest BCUT2D eigenvalue weighted by Gasteiger charge is -2.37. The minimum atomic E-state index is -0.00118. The number of hydrogen-bond donors (Lipinski definition) is 1. The number of piperazine rings is 1. The first-order chi connectivity index (χ1) is 8.76. The molecule has 0 aromatic carbocycles. The summed E-state index contributed by atoms with van der Waals surface area (Å²) in [5.74, 6) is 0.624. The van der Waals surface area contributed by atoms with Gasteiger partial charge in [-0.15, -0.1) is 0 Å². The number of carbonyl (C=O) groups is 1. The van der Waals surface area contributed by atoms with Crippen molar-refractivity contribution in [2.45, 2.75) is 31.9 Å². The van der Waals surface area contributed by atoms with Crippen molar-refractivity contribution >= 4 is 5.91 Å². The van der Waals surface area contributed by atoms with E-state index in [1.54, 1.807) is 7.11 Å². The highest BCUT2D eigenvalue weighted by Crippen LogP contribution is 2.21. The molecule has 3 atom stereocenters. The normalized spacial score (nSPS) is 31.3. The Morgan fingerprint density at radius 1 is 1.61 bits per heavy atom. The fourth-order valence-electron chi connectivity index (χ4n) is 2.92. The Kier molecular flexibility index (Phi) is 4.97. The lowest BCUT2D eigenvalue weighted by molar-refractivity contribution is -0.130. The van der Waals surface area contributed by atoms with E-state index in [-0.39, 0.29) is 18.1 Å². The zero-order chi connectivity index (χ0) is 13.0. The van der Waals surface area contributed by atoms with E-state index in [0.29, 0.717) is 5.92 Å². The Bertz CT molecular complexity index is 279. The lowest BCUT2D eigenvalue weighted by atomic mass is 9.99. The van der Waals surface area contributed by atoms with Gasteiger partial charge in [-0.25, -0.2) is 0 Å². The first-order valence-electron chi connectivity index (χ1n) is 6.88. The highest BCUT2D eigenvalue weighted by molar-refractivity contribution is 5.82. The maximum atomic E-state index is 11.8. The quantitative estimate of drug-likeness (QED) is 0.766. The summed E-state index contributed by atoms with van der Waals surface area (Å²) in [5, 5.41) is 2.93. The minimum Gasteiger partial charge on any atom is -0.381 e. The third-order valence-electron chi connectivity index (χ3n) is 4.04. The molecule has 5 nitrogen and oxygen atoms in total. The molecule has 2 aliphatic heterocycles.